The number of rotatable bonds is 7. The van der Waals surface area contributed by atoms with Crippen LogP contribution in [0.5, 0.6) is 0 Å². The van der Waals surface area contributed by atoms with Crippen LogP contribution < -0.4 is 5.32 Å². The van der Waals surface area contributed by atoms with Gasteiger partial charge < -0.3 is 10.1 Å². The average molecular weight is 421 g/mol. The summed E-state index contributed by atoms with van der Waals surface area (Å²) in [7, 11) is 0. The first-order valence-corrected chi connectivity index (χ1v) is 10.7. The van der Waals surface area contributed by atoms with Crippen LogP contribution in [-0.4, -0.2) is 39.4 Å². The first-order valence-electron chi connectivity index (χ1n) is 8.01. The number of ether oxygens (including phenoxy) is 1. The van der Waals surface area contributed by atoms with Crippen LogP contribution in [0, 0.1) is 6.92 Å². The number of nitrogens with zero attached hydrogens (tertiary/aromatic N) is 3. The van der Waals surface area contributed by atoms with Crippen LogP contribution in [0.1, 0.15) is 22.3 Å². The third-order valence-electron chi connectivity index (χ3n) is 3.27. The summed E-state index contributed by atoms with van der Waals surface area (Å²) in [4.78, 5) is 29.6. The number of esters is 1. The molecule has 0 fully saturated rings. The highest BCUT2D eigenvalue weighted by molar-refractivity contribution is 7.99. The van der Waals surface area contributed by atoms with E-state index in [0.717, 1.165) is 21.9 Å². The smallest absolute Gasteiger partial charge is 0.350 e. The van der Waals surface area contributed by atoms with E-state index in [4.69, 9.17) is 4.74 Å². The number of carbonyl (C=O) groups is 2. The summed E-state index contributed by atoms with van der Waals surface area (Å²) in [5, 5.41) is 14.0. The number of anilines is 1. The molecule has 0 saturated heterocycles. The monoisotopic (exact) mass is 420 g/mol. The highest BCUT2D eigenvalue weighted by Gasteiger charge is 2.17. The number of hydrogen-bond acceptors (Lipinski definition) is 9. The van der Waals surface area contributed by atoms with Crippen molar-refractivity contribution in [2.75, 3.05) is 17.7 Å². The number of nitrogens with one attached hydrogen (secondary N) is 1. The number of aromatic nitrogens is 3. The Labute approximate surface area is 168 Å². The minimum absolute atomic E-state index is 0.167. The SMILES string of the molecule is CCOC(=O)c1sc(NC(=O)CSc2ccc(-c3cccs3)nn2)nc1C. The largest absolute Gasteiger partial charge is 0.462 e. The van der Waals surface area contributed by atoms with Crippen molar-refractivity contribution in [2.24, 2.45) is 0 Å². The van der Waals surface area contributed by atoms with Gasteiger partial charge in [-0.05, 0) is 37.4 Å². The molecule has 1 N–H and O–H groups in total. The Morgan fingerprint density at radius 1 is 1.26 bits per heavy atom. The van der Waals surface area contributed by atoms with Crippen LogP contribution in [0.25, 0.3) is 10.6 Å². The van der Waals surface area contributed by atoms with Crippen LogP contribution in [0.15, 0.2) is 34.7 Å². The third-order valence-corrected chi connectivity index (χ3v) is 6.13. The molecular weight excluding hydrogens is 404 g/mol. The van der Waals surface area contributed by atoms with Crippen molar-refractivity contribution < 1.29 is 14.3 Å². The number of thioether (sulfide) groups is 1. The van der Waals surface area contributed by atoms with E-state index in [1.807, 2.05) is 29.6 Å². The molecule has 3 heterocycles. The van der Waals surface area contributed by atoms with E-state index in [9.17, 15) is 9.59 Å². The Bertz CT molecular complexity index is 924. The highest BCUT2D eigenvalue weighted by atomic mass is 32.2. The number of thiophene rings is 1. The lowest BCUT2D eigenvalue weighted by atomic mass is 10.3. The lowest BCUT2D eigenvalue weighted by Gasteiger charge is -2.02. The lowest BCUT2D eigenvalue weighted by molar-refractivity contribution is -0.113. The number of amides is 1. The van der Waals surface area contributed by atoms with Gasteiger partial charge in [0.25, 0.3) is 0 Å². The van der Waals surface area contributed by atoms with E-state index in [2.05, 4.69) is 20.5 Å². The fourth-order valence-electron chi connectivity index (χ4n) is 2.08. The van der Waals surface area contributed by atoms with Gasteiger partial charge in [-0.2, -0.15) is 0 Å². The van der Waals surface area contributed by atoms with E-state index < -0.39 is 5.97 Å². The Kier molecular flexibility index (Phi) is 6.54. The normalized spacial score (nSPS) is 10.6. The molecule has 0 spiro atoms. The Morgan fingerprint density at radius 3 is 2.78 bits per heavy atom. The Hall–Kier alpha value is -2.30. The van der Waals surface area contributed by atoms with Crippen molar-refractivity contribution in [2.45, 2.75) is 18.9 Å². The maximum atomic E-state index is 12.1. The van der Waals surface area contributed by atoms with Gasteiger partial charge in [0.15, 0.2) is 5.13 Å². The lowest BCUT2D eigenvalue weighted by Crippen LogP contribution is -2.14. The van der Waals surface area contributed by atoms with Gasteiger partial charge in [0.2, 0.25) is 5.91 Å². The maximum Gasteiger partial charge on any atom is 0.350 e. The number of carbonyl (C=O) groups excluding carboxylic acids is 2. The fourth-order valence-corrected chi connectivity index (χ4v) is 4.26. The van der Waals surface area contributed by atoms with Crippen molar-refractivity contribution >= 4 is 51.4 Å². The summed E-state index contributed by atoms with van der Waals surface area (Å²) in [6.07, 6.45) is 0. The maximum absolute atomic E-state index is 12.1. The van der Waals surface area contributed by atoms with Gasteiger partial charge in [0.05, 0.1) is 22.9 Å². The first kappa shape index (κ1) is 19.5. The summed E-state index contributed by atoms with van der Waals surface area (Å²) < 4.78 is 4.97. The molecule has 3 aromatic heterocycles. The Balaban J connectivity index is 1.54. The molecular formula is C17H16N4O3S3. The van der Waals surface area contributed by atoms with Gasteiger partial charge in [-0.25, -0.2) is 9.78 Å². The van der Waals surface area contributed by atoms with Crippen molar-refractivity contribution in [1.29, 1.82) is 0 Å². The van der Waals surface area contributed by atoms with E-state index in [-0.39, 0.29) is 11.7 Å². The fraction of sp³-hybridized carbons (Fsp3) is 0.235. The van der Waals surface area contributed by atoms with Gasteiger partial charge in [-0.1, -0.05) is 29.2 Å². The molecule has 10 heteroatoms. The molecule has 0 aromatic carbocycles. The van der Waals surface area contributed by atoms with Gasteiger partial charge in [0, 0.05) is 0 Å². The molecule has 27 heavy (non-hydrogen) atoms. The van der Waals surface area contributed by atoms with Gasteiger partial charge in [-0.15, -0.1) is 21.5 Å². The molecule has 7 nitrogen and oxygen atoms in total. The molecule has 0 aliphatic carbocycles. The van der Waals surface area contributed by atoms with E-state index in [1.165, 1.54) is 11.8 Å². The van der Waals surface area contributed by atoms with Gasteiger partial charge in [0.1, 0.15) is 15.6 Å². The summed E-state index contributed by atoms with van der Waals surface area (Å²) in [6.45, 7) is 3.74. The van der Waals surface area contributed by atoms with E-state index in [1.54, 1.807) is 25.2 Å². The quantitative estimate of drug-likeness (QED) is 0.458. The van der Waals surface area contributed by atoms with Crippen molar-refractivity contribution in [1.82, 2.24) is 15.2 Å². The number of aryl methyl sites for hydroxylation is 1. The summed E-state index contributed by atoms with van der Waals surface area (Å²) in [5.74, 6) is -0.489. The highest BCUT2D eigenvalue weighted by Crippen LogP contribution is 2.25. The zero-order chi connectivity index (χ0) is 19.2. The first-order chi connectivity index (χ1) is 13.1. The van der Waals surface area contributed by atoms with Crippen molar-refractivity contribution in [3.63, 3.8) is 0 Å². The van der Waals surface area contributed by atoms with Crippen LogP contribution in [0.4, 0.5) is 5.13 Å². The average Bonchev–Trinajstić information content (AvgIpc) is 3.31. The van der Waals surface area contributed by atoms with E-state index >= 15 is 0 Å². The van der Waals surface area contributed by atoms with Gasteiger partial charge in [-0.3, -0.25) is 4.79 Å². The molecule has 0 bridgehead atoms. The van der Waals surface area contributed by atoms with Crippen LogP contribution in [-0.2, 0) is 9.53 Å². The zero-order valence-electron chi connectivity index (χ0n) is 14.6. The molecule has 0 saturated carbocycles. The second-order valence-electron chi connectivity index (χ2n) is 5.22. The second kappa shape index (κ2) is 9.07. The van der Waals surface area contributed by atoms with E-state index in [0.29, 0.717) is 27.3 Å². The molecule has 0 radical (unpaired) electrons. The van der Waals surface area contributed by atoms with Crippen molar-refractivity contribution in [3.05, 3.63) is 40.2 Å². The molecule has 0 unspecified atom stereocenters. The molecule has 0 aliphatic rings. The molecule has 0 aliphatic heterocycles. The minimum Gasteiger partial charge on any atom is -0.462 e. The molecule has 140 valence electrons. The summed E-state index contributed by atoms with van der Waals surface area (Å²) >= 11 is 3.98. The minimum atomic E-state index is -0.427. The van der Waals surface area contributed by atoms with Crippen LogP contribution >= 0.6 is 34.4 Å². The molecule has 0 atom stereocenters. The molecule has 3 rings (SSSR count). The standard InChI is InChI=1S/C17H16N4O3S3/c1-3-24-16(23)15-10(2)18-17(27-15)19-13(22)9-26-14-7-6-11(20-21-14)12-5-4-8-25-12/h4-8H,3,9H2,1-2H3,(H,18,19,22). The van der Waals surface area contributed by atoms with Crippen LogP contribution in [0.3, 0.4) is 0 Å². The predicted octanol–water partition coefficient (Wildman–Crippen LogP) is 3.88. The topological polar surface area (TPSA) is 94.1 Å². The second-order valence-corrected chi connectivity index (χ2v) is 8.17. The molecule has 3 aromatic rings. The Morgan fingerprint density at radius 2 is 2.11 bits per heavy atom. The summed E-state index contributed by atoms with van der Waals surface area (Å²) in [6, 6.07) is 7.67. The zero-order valence-corrected chi connectivity index (χ0v) is 17.0. The van der Waals surface area contributed by atoms with Crippen molar-refractivity contribution in [3.8, 4) is 10.6 Å². The number of hydrogen-bond donors (Lipinski definition) is 1. The third kappa shape index (κ3) is 5.12. The predicted molar refractivity (Wildman–Crippen MR) is 108 cm³/mol. The van der Waals surface area contributed by atoms with Gasteiger partial charge >= 0.3 is 5.97 Å². The molecule has 1 amide bonds. The van der Waals surface area contributed by atoms with Crippen LogP contribution in [0.2, 0.25) is 0 Å². The number of thiazole rings is 1. The summed E-state index contributed by atoms with van der Waals surface area (Å²) in [5.41, 5.74) is 1.35.